The summed E-state index contributed by atoms with van der Waals surface area (Å²) >= 11 is 3.55. The van der Waals surface area contributed by atoms with Crippen LogP contribution in [0.3, 0.4) is 0 Å². The first-order valence-corrected chi connectivity index (χ1v) is 7.41. The van der Waals surface area contributed by atoms with Crippen LogP contribution in [-0.2, 0) is 6.42 Å². The summed E-state index contributed by atoms with van der Waals surface area (Å²) in [6.45, 7) is 0. The van der Waals surface area contributed by atoms with E-state index in [0.717, 1.165) is 0 Å². The van der Waals surface area contributed by atoms with Gasteiger partial charge in [0.1, 0.15) is 10.7 Å². The fourth-order valence-electron chi connectivity index (χ4n) is 2.37. The Bertz CT molecular complexity index is 792. The number of nitrogens with zero attached hydrogens (tertiary/aromatic N) is 1. The summed E-state index contributed by atoms with van der Waals surface area (Å²) in [6.07, 6.45) is 0.700. The molecule has 0 aliphatic carbocycles. The van der Waals surface area contributed by atoms with Crippen molar-refractivity contribution >= 4 is 32.6 Å². The lowest BCUT2D eigenvalue weighted by atomic mass is 10.0. The van der Waals surface area contributed by atoms with E-state index >= 15 is 0 Å². The Morgan fingerprint density at radius 1 is 1.10 bits per heavy atom. The summed E-state index contributed by atoms with van der Waals surface area (Å²) in [4.78, 5) is 10.0. The molecule has 0 aliphatic rings. The molecule has 0 amide bonds. The highest BCUT2D eigenvalue weighted by Crippen LogP contribution is 2.32. The lowest BCUT2D eigenvalue weighted by Crippen LogP contribution is -1.95. The van der Waals surface area contributed by atoms with E-state index < -0.39 is 4.92 Å². The molecule has 0 aliphatic heterocycles. The number of fused-ring (bicyclic) bond motifs is 1. The van der Waals surface area contributed by atoms with Crippen LogP contribution in [0.25, 0.3) is 10.8 Å². The molecule has 2 aromatic carbocycles. The third kappa shape index (κ3) is 2.83. The summed E-state index contributed by atoms with van der Waals surface area (Å²) in [5.74, 6) is 0.335. The maximum Gasteiger partial charge on any atom is 0.433 e. The molecule has 5 heteroatoms. The Kier molecular flexibility index (Phi) is 3.75. The van der Waals surface area contributed by atoms with Gasteiger partial charge in [-0.2, -0.15) is 0 Å². The van der Waals surface area contributed by atoms with Gasteiger partial charge in [0, 0.05) is 0 Å². The molecule has 3 rings (SSSR count). The molecule has 3 aromatic rings. The molecule has 106 valence electrons. The highest BCUT2D eigenvalue weighted by atomic mass is 79.9. The number of rotatable bonds is 4. The molecule has 0 saturated carbocycles. The second-order valence-corrected chi connectivity index (χ2v) is 5.85. The van der Waals surface area contributed by atoms with Crippen LogP contribution in [0.5, 0.6) is 0 Å². The van der Waals surface area contributed by atoms with Gasteiger partial charge in [-0.15, -0.1) is 0 Å². The predicted molar refractivity (Wildman–Crippen MR) is 84.7 cm³/mol. The molecule has 0 fully saturated rings. The van der Waals surface area contributed by atoms with Gasteiger partial charge in [0.15, 0.2) is 0 Å². The van der Waals surface area contributed by atoms with Crippen LogP contribution in [0, 0.1) is 10.1 Å². The van der Waals surface area contributed by atoms with Crippen LogP contribution in [0.1, 0.15) is 16.2 Å². The highest BCUT2D eigenvalue weighted by molar-refractivity contribution is 9.09. The largest absolute Gasteiger partial charge is 0.433 e. The first-order chi connectivity index (χ1) is 10.1. The molecule has 0 spiro atoms. The molecule has 21 heavy (non-hydrogen) atoms. The van der Waals surface area contributed by atoms with Crippen molar-refractivity contribution in [1.82, 2.24) is 0 Å². The van der Waals surface area contributed by atoms with Crippen LogP contribution in [0.2, 0.25) is 0 Å². The molecule has 0 radical (unpaired) electrons. The summed E-state index contributed by atoms with van der Waals surface area (Å²) in [5.41, 5.74) is 1.18. The topological polar surface area (TPSA) is 56.3 Å². The van der Waals surface area contributed by atoms with Gasteiger partial charge >= 0.3 is 5.88 Å². The average Bonchev–Trinajstić information content (AvgIpc) is 2.98. The molecule has 1 aromatic heterocycles. The van der Waals surface area contributed by atoms with Gasteiger partial charge in [0.05, 0.1) is 10.9 Å². The lowest BCUT2D eigenvalue weighted by Gasteiger charge is -2.09. The quantitative estimate of drug-likeness (QED) is 0.379. The summed E-state index contributed by atoms with van der Waals surface area (Å²) in [7, 11) is 0. The van der Waals surface area contributed by atoms with Crippen molar-refractivity contribution in [3.8, 4) is 0 Å². The molecule has 4 nitrogen and oxygen atoms in total. The van der Waals surface area contributed by atoms with Gasteiger partial charge in [0.2, 0.25) is 0 Å². The van der Waals surface area contributed by atoms with E-state index in [1.807, 2.05) is 18.2 Å². The molecule has 1 unspecified atom stereocenters. The van der Waals surface area contributed by atoms with Crippen molar-refractivity contribution in [2.24, 2.45) is 0 Å². The average molecular weight is 346 g/mol. The van der Waals surface area contributed by atoms with Gasteiger partial charge in [0.25, 0.3) is 0 Å². The first-order valence-electron chi connectivity index (χ1n) is 6.50. The number of benzene rings is 2. The van der Waals surface area contributed by atoms with Gasteiger partial charge in [-0.05, 0) is 28.8 Å². The molecular weight excluding hydrogens is 334 g/mol. The Morgan fingerprint density at radius 3 is 2.62 bits per heavy atom. The number of alkyl halides is 1. The maximum absolute atomic E-state index is 10.7. The first kappa shape index (κ1) is 13.8. The van der Waals surface area contributed by atoms with E-state index in [4.69, 9.17) is 4.42 Å². The zero-order valence-electron chi connectivity index (χ0n) is 11.0. The number of furan rings is 1. The number of halogens is 1. The fraction of sp³-hybridized carbons (Fsp3) is 0.125. The van der Waals surface area contributed by atoms with Crippen molar-refractivity contribution in [3.63, 3.8) is 0 Å². The Hall–Kier alpha value is -2.14. The van der Waals surface area contributed by atoms with Gasteiger partial charge in [-0.1, -0.05) is 58.4 Å². The predicted octanol–water partition coefficient (Wildman–Crippen LogP) is 5.02. The minimum absolute atomic E-state index is 0.1000. The normalized spacial score (nSPS) is 12.4. The number of hydrogen-bond donors (Lipinski definition) is 0. The van der Waals surface area contributed by atoms with Crippen LogP contribution >= 0.6 is 15.9 Å². The highest BCUT2D eigenvalue weighted by Gasteiger charge is 2.18. The third-order valence-electron chi connectivity index (χ3n) is 3.38. The zero-order valence-corrected chi connectivity index (χ0v) is 12.6. The van der Waals surface area contributed by atoms with Crippen molar-refractivity contribution in [1.29, 1.82) is 0 Å². The Labute approximate surface area is 129 Å². The number of nitro groups is 1. The van der Waals surface area contributed by atoms with Crippen LogP contribution < -0.4 is 0 Å². The maximum atomic E-state index is 10.7. The zero-order chi connectivity index (χ0) is 14.8. The molecule has 0 bridgehead atoms. The van der Waals surface area contributed by atoms with Crippen molar-refractivity contribution < 1.29 is 9.34 Å². The minimum atomic E-state index is -0.527. The summed E-state index contributed by atoms with van der Waals surface area (Å²) in [6, 6.07) is 17.3. The van der Waals surface area contributed by atoms with E-state index in [9.17, 15) is 10.1 Å². The Balaban J connectivity index is 1.89. The standard InChI is InChI=1S/C16H12BrNO3/c17-14(15-8-9-16(21-15)18(19)20)10-12-6-3-5-11-4-1-2-7-13(11)12/h1-9,14H,10H2. The monoisotopic (exact) mass is 345 g/mol. The van der Waals surface area contributed by atoms with Crippen molar-refractivity contribution in [2.45, 2.75) is 11.2 Å². The smallest absolute Gasteiger partial charge is 0.405 e. The van der Waals surface area contributed by atoms with Crippen LogP contribution in [-0.4, -0.2) is 4.92 Å². The van der Waals surface area contributed by atoms with Gasteiger partial charge in [-0.3, -0.25) is 10.1 Å². The SMILES string of the molecule is O=[N+]([O-])c1ccc(C(Br)Cc2cccc3ccccc23)o1. The van der Waals surface area contributed by atoms with E-state index in [1.54, 1.807) is 6.07 Å². The van der Waals surface area contributed by atoms with Crippen molar-refractivity contribution in [3.05, 3.63) is 76.0 Å². The summed E-state index contributed by atoms with van der Waals surface area (Å²) in [5, 5.41) is 13.0. The van der Waals surface area contributed by atoms with Crippen LogP contribution in [0.4, 0.5) is 5.88 Å². The van der Waals surface area contributed by atoms with E-state index in [2.05, 4.69) is 40.2 Å². The molecule has 1 heterocycles. The van der Waals surface area contributed by atoms with Gasteiger partial charge in [-0.25, -0.2) is 0 Å². The summed E-state index contributed by atoms with van der Waals surface area (Å²) < 4.78 is 5.25. The third-order valence-corrected chi connectivity index (χ3v) is 4.16. The molecular formula is C16H12BrNO3. The molecule has 1 atom stereocenters. The van der Waals surface area contributed by atoms with E-state index in [1.165, 1.54) is 22.4 Å². The fourth-order valence-corrected chi connectivity index (χ4v) is 2.97. The van der Waals surface area contributed by atoms with Crippen molar-refractivity contribution in [2.75, 3.05) is 0 Å². The Morgan fingerprint density at radius 2 is 1.86 bits per heavy atom. The molecule has 0 saturated heterocycles. The minimum Gasteiger partial charge on any atom is -0.405 e. The van der Waals surface area contributed by atoms with Crippen LogP contribution in [0.15, 0.2) is 59.0 Å². The van der Waals surface area contributed by atoms with Gasteiger partial charge < -0.3 is 4.42 Å². The number of hydrogen-bond acceptors (Lipinski definition) is 3. The second kappa shape index (κ2) is 5.69. The molecule has 0 N–H and O–H groups in total. The van der Waals surface area contributed by atoms with E-state index in [-0.39, 0.29) is 10.7 Å². The lowest BCUT2D eigenvalue weighted by molar-refractivity contribution is -0.402. The second-order valence-electron chi connectivity index (χ2n) is 4.74. The van der Waals surface area contributed by atoms with E-state index in [0.29, 0.717) is 12.2 Å².